The molecule has 1 fully saturated rings. The Morgan fingerprint density at radius 1 is 0.933 bits per heavy atom. The van der Waals surface area contributed by atoms with E-state index in [1.807, 2.05) is 6.07 Å². The lowest BCUT2D eigenvalue weighted by Gasteiger charge is -2.46. The molecule has 1 saturated carbocycles. The fourth-order valence-corrected chi connectivity index (χ4v) is 4.58. The van der Waals surface area contributed by atoms with Crippen molar-refractivity contribution in [3.8, 4) is 0 Å². The van der Waals surface area contributed by atoms with Crippen molar-refractivity contribution in [3.63, 3.8) is 0 Å². The van der Waals surface area contributed by atoms with Crippen molar-refractivity contribution in [1.29, 1.82) is 0 Å². The predicted octanol–water partition coefficient (Wildman–Crippen LogP) is 5.45. The van der Waals surface area contributed by atoms with Gasteiger partial charge < -0.3 is 5.32 Å². The van der Waals surface area contributed by atoms with Crippen LogP contribution < -0.4 is 5.32 Å². The third kappa shape index (κ3) is 6.78. The number of benzene rings is 2. The monoisotopic (exact) mass is 408 g/mol. The molecule has 0 amide bonds. The molecule has 30 heavy (non-hydrogen) atoms. The first kappa shape index (κ1) is 24.3. The maximum atomic E-state index is 12.5. The first-order chi connectivity index (χ1) is 14.2. The lowest BCUT2D eigenvalue weighted by Crippen LogP contribution is -2.48. The highest BCUT2D eigenvalue weighted by atomic mass is 16.1. The molecule has 0 bridgehead atoms. The van der Waals surface area contributed by atoms with E-state index in [-0.39, 0.29) is 11.5 Å². The van der Waals surface area contributed by atoms with E-state index in [1.165, 1.54) is 11.1 Å². The van der Waals surface area contributed by atoms with E-state index >= 15 is 0 Å². The molecule has 0 saturated heterocycles. The molecule has 1 aliphatic carbocycles. The van der Waals surface area contributed by atoms with Crippen molar-refractivity contribution >= 4 is 5.78 Å². The summed E-state index contributed by atoms with van der Waals surface area (Å²) >= 11 is 0. The molecule has 2 unspecified atom stereocenters. The highest BCUT2D eigenvalue weighted by Gasteiger charge is 2.42. The number of rotatable bonds is 6. The van der Waals surface area contributed by atoms with Crippen molar-refractivity contribution in [1.82, 2.24) is 10.2 Å². The van der Waals surface area contributed by atoms with Crippen LogP contribution in [0.3, 0.4) is 0 Å². The van der Waals surface area contributed by atoms with Crippen LogP contribution in [-0.2, 0) is 16.8 Å². The Balaban J connectivity index is 0.000000396. The minimum atomic E-state index is -0.0331. The Morgan fingerprint density at radius 3 is 1.93 bits per heavy atom. The van der Waals surface area contributed by atoms with Crippen LogP contribution in [0.5, 0.6) is 0 Å². The molecule has 1 N–H and O–H groups in total. The van der Waals surface area contributed by atoms with Crippen LogP contribution in [0, 0.1) is 5.92 Å². The number of carbonyl (C=O) groups is 1. The Morgan fingerprint density at radius 2 is 1.47 bits per heavy atom. The van der Waals surface area contributed by atoms with Gasteiger partial charge >= 0.3 is 0 Å². The van der Waals surface area contributed by atoms with E-state index in [1.54, 1.807) is 0 Å². The second kappa shape index (κ2) is 11.4. The summed E-state index contributed by atoms with van der Waals surface area (Å²) in [5, 5.41) is 3.31. The molecule has 1 aliphatic rings. The van der Waals surface area contributed by atoms with Gasteiger partial charge in [0.15, 0.2) is 0 Å². The zero-order valence-electron chi connectivity index (χ0n) is 19.7. The summed E-state index contributed by atoms with van der Waals surface area (Å²) in [6.07, 6.45) is 3.33. The standard InChI is InChI=1S/C21H25NO.C6H15N/c1-22(2)21(19-11-7-4-8-12-19)14-13-20(23)18(16-21)15-17-9-5-3-6-10-17;1-5(2)7-6(3)4/h3-12,18H,13-16H2,1-2H3;5-7H,1-4H3. The van der Waals surface area contributed by atoms with Crippen LogP contribution in [0.4, 0.5) is 0 Å². The average Bonchev–Trinajstić information content (AvgIpc) is 2.70. The lowest BCUT2D eigenvalue weighted by molar-refractivity contribution is -0.128. The Kier molecular flexibility index (Phi) is 9.26. The number of hydrogen-bond acceptors (Lipinski definition) is 3. The van der Waals surface area contributed by atoms with Crippen molar-refractivity contribution in [2.24, 2.45) is 5.92 Å². The first-order valence-corrected chi connectivity index (χ1v) is 11.3. The molecular formula is C27H40N2O. The SMILES string of the molecule is CC(C)NC(C)C.CN(C)C1(c2ccccc2)CCC(=O)C(Cc2ccccc2)C1. The van der Waals surface area contributed by atoms with Gasteiger partial charge in [0.05, 0.1) is 0 Å². The molecule has 164 valence electrons. The fourth-order valence-electron chi connectivity index (χ4n) is 4.58. The molecule has 0 spiro atoms. The minimum absolute atomic E-state index is 0.0331. The maximum Gasteiger partial charge on any atom is 0.136 e. The third-order valence-electron chi connectivity index (χ3n) is 5.98. The molecule has 0 aromatic heterocycles. The maximum absolute atomic E-state index is 12.5. The number of nitrogens with zero attached hydrogens (tertiary/aromatic N) is 1. The summed E-state index contributed by atoms with van der Waals surface area (Å²) < 4.78 is 0. The number of nitrogens with one attached hydrogen (secondary N) is 1. The van der Waals surface area contributed by atoms with Gasteiger partial charge in [-0.05, 0) is 44.5 Å². The molecule has 0 radical (unpaired) electrons. The summed E-state index contributed by atoms with van der Waals surface area (Å²) in [6, 6.07) is 22.3. The second-order valence-corrected chi connectivity index (χ2v) is 9.33. The van der Waals surface area contributed by atoms with Gasteiger partial charge in [-0.3, -0.25) is 9.69 Å². The summed E-state index contributed by atoms with van der Waals surface area (Å²) in [4.78, 5) is 14.8. The number of carbonyl (C=O) groups excluding carboxylic acids is 1. The van der Waals surface area contributed by atoms with Crippen LogP contribution in [0.25, 0.3) is 0 Å². The Bertz CT molecular complexity index is 749. The van der Waals surface area contributed by atoms with Crippen LogP contribution >= 0.6 is 0 Å². The first-order valence-electron chi connectivity index (χ1n) is 11.3. The van der Waals surface area contributed by atoms with E-state index < -0.39 is 0 Å². The van der Waals surface area contributed by atoms with Gasteiger partial charge in [-0.2, -0.15) is 0 Å². The summed E-state index contributed by atoms with van der Waals surface area (Å²) in [5.41, 5.74) is 2.55. The van der Waals surface area contributed by atoms with Gasteiger partial charge in [0.1, 0.15) is 5.78 Å². The molecule has 2 aromatic carbocycles. The minimum Gasteiger partial charge on any atom is -0.312 e. The second-order valence-electron chi connectivity index (χ2n) is 9.33. The third-order valence-corrected chi connectivity index (χ3v) is 5.98. The average molecular weight is 409 g/mol. The molecule has 3 nitrogen and oxygen atoms in total. The molecule has 3 heteroatoms. The molecule has 2 atom stereocenters. The number of Topliss-reactive ketones (excluding diaryl/α,β-unsaturated/α-hetero) is 1. The van der Waals surface area contributed by atoms with Gasteiger partial charge in [0.25, 0.3) is 0 Å². The van der Waals surface area contributed by atoms with Crippen molar-refractivity contribution < 1.29 is 4.79 Å². The molecular weight excluding hydrogens is 368 g/mol. The van der Waals surface area contributed by atoms with Crippen molar-refractivity contribution in [2.75, 3.05) is 14.1 Å². The van der Waals surface area contributed by atoms with Gasteiger partial charge in [0.2, 0.25) is 0 Å². The van der Waals surface area contributed by atoms with E-state index in [0.29, 0.717) is 24.3 Å². The van der Waals surface area contributed by atoms with Gasteiger partial charge in [-0.15, -0.1) is 0 Å². The Hall–Kier alpha value is -1.97. The van der Waals surface area contributed by atoms with E-state index in [4.69, 9.17) is 0 Å². The highest BCUT2D eigenvalue weighted by molar-refractivity contribution is 5.82. The summed E-state index contributed by atoms with van der Waals surface area (Å²) in [5.74, 6) is 0.524. The van der Waals surface area contributed by atoms with Crippen molar-refractivity contribution in [3.05, 3.63) is 71.8 Å². The van der Waals surface area contributed by atoms with Crippen LogP contribution in [-0.4, -0.2) is 36.9 Å². The van der Waals surface area contributed by atoms with E-state index in [2.05, 4.69) is 107 Å². The van der Waals surface area contributed by atoms with Gasteiger partial charge in [0, 0.05) is 30.0 Å². The van der Waals surface area contributed by atoms with Crippen molar-refractivity contribution in [2.45, 2.75) is 71.0 Å². The molecule has 2 aromatic rings. The highest BCUT2D eigenvalue weighted by Crippen LogP contribution is 2.43. The summed E-state index contributed by atoms with van der Waals surface area (Å²) in [6.45, 7) is 8.61. The smallest absolute Gasteiger partial charge is 0.136 e. The predicted molar refractivity (Wildman–Crippen MR) is 128 cm³/mol. The normalized spacial score (nSPS) is 21.6. The number of hydrogen-bond donors (Lipinski definition) is 1. The fraction of sp³-hybridized carbons (Fsp3) is 0.519. The molecule has 0 heterocycles. The quantitative estimate of drug-likeness (QED) is 0.690. The van der Waals surface area contributed by atoms with Gasteiger partial charge in [-0.1, -0.05) is 88.4 Å². The van der Waals surface area contributed by atoms with Gasteiger partial charge in [-0.25, -0.2) is 0 Å². The topological polar surface area (TPSA) is 32.3 Å². The largest absolute Gasteiger partial charge is 0.312 e. The molecule has 0 aliphatic heterocycles. The van der Waals surface area contributed by atoms with E-state index in [9.17, 15) is 4.79 Å². The molecule has 3 rings (SSSR count). The summed E-state index contributed by atoms with van der Waals surface area (Å²) in [7, 11) is 4.28. The lowest BCUT2D eigenvalue weighted by atomic mass is 9.69. The zero-order chi connectivity index (χ0) is 22.1. The van der Waals surface area contributed by atoms with Crippen LogP contribution in [0.2, 0.25) is 0 Å². The zero-order valence-corrected chi connectivity index (χ0v) is 19.7. The van der Waals surface area contributed by atoms with Crippen LogP contribution in [0.1, 0.15) is 58.1 Å². The Labute approximate surface area is 183 Å². The van der Waals surface area contributed by atoms with Crippen LogP contribution in [0.15, 0.2) is 60.7 Å². The number of ketones is 1. The van der Waals surface area contributed by atoms with E-state index in [0.717, 1.165) is 19.3 Å².